The molecule has 0 spiro atoms. The molecule has 0 aliphatic heterocycles. The maximum Gasteiger partial charge on any atom is 0.169 e. The Morgan fingerprint density at radius 2 is 2.33 bits per heavy atom. The van der Waals surface area contributed by atoms with Gasteiger partial charge in [-0.15, -0.1) is 0 Å². The van der Waals surface area contributed by atoms with Gasteiger partial charge in [0.15, 0.2) is 4.67 Å². The number of allylic oxidation sites excluding steroid dienone is 1. The average molecular weight is 231 g/mol. The summed E-state index contributed by atoms with van der Waals surface area (Å²) < 4.78 is 5.99. The molecule has 0 bridgehead atoms. The van der Waals surface area contributed by atoms with E-state index in [-0.39, 0.29) is 0 Å². The van der Waals surface area contributed by atoms with Crippen LogP contribution in [0.15, 0.2) is 27.3 Å². The fourth-order valence-corrected chi connectivity index (χ4v) is 1.28. The van der Waals surface area contributed by atoms with E-state index in [0.717, 1.165) is 11.3 Å². The summed E-state index contributed by atoms with van der Waals surface area (Å²) in [6.07, 6.45) is 1.31. The molecule has 0 amide bonds. The fourth-order valence-electron chi connectivity index (χ4n) is 0.970. The molecule has 1 atom stereocenters. The van der Waals surface area contributed by atoms with Crippen molar-refractivity contribution in [1.82, 2.24) is 0 Å². The third kappa shape index (κ3) is 2.50. The first-order valence-electron chi connectivity index (χ1n) is 3.72. The summed E-state index contributed by atoms with van der Waals surface area (Å²) in [5.41, 5.74) is 0.940. The number of halogens is 1. The summed E-state index contributed by atoms with van der Waals surface area (Å²) in [5.74, 6) is 0.780. The van der Waals surface area contributed by atoms with Crippen molar-refractivity contribution in [1.29, 1.82) is 0 Å². The normalized spacial score (nSPS) is 14.8. The molecule has 0 saturated heterocycles. The van der Waals surface area contributed by atoms with Crippen LogP contribution in [0.5, 0.6) is 0 Å². The lowest BCUT2D eigenvalue weighted by molar-refractivity contribution is 0.244. The zero-order chi connectivity index (χ0) is 9.14. The fraction of sp³-hybridized carbons (Fsp3) is 0.333. The number of aliphatic hydroxyl groups excluding tert-OH is 1. The van der Waals surface area contributed by atoms with Gasteiger partial charge in [0.2, 0.25) is 0 Å². The second-order valence-electron chi connectivity index (χ2n) is 2.69. The van der Waals surface area contributed by atoms with Gasteiger partial charge >= 0.3 is 0 Å². The standard InChI is InChI=1S/C9H11BrO2/c1-6(5-7(2)11)8-3-4-9(10)12-8/h3-5,7,11H,1-2H3/b6-5-. The molecule has 0 aliphatic rings. The molecule has 1 N–H and O–H groups in total. The molecule has 1 aromatic rings. The number of hydrogen-bond acceptors (Lipinski definition) is 2. The van der Waals surface area contributed by atoms with E-state index >= 15 is 0 Å². The molecule has 0 fully saturated rings. The highest BCUT2D eigenvalue weighted by atomic mass is 79.9. The largest absolute Gasteiger partial charge is 0.450 e. The minimum Gasteiger partial charge on any atom is -0.450 e. The Kier molecular flexibility index (Phi) is 3.12. The van der Waals surface area contributed by atoms with Gasteiger partial charge in [-0.1, -0.05) is 0 Å². The molecule has 0 saturated carbocycles. The highest BCUT2D eigenvalue weighted by Crippen LogP contribution is 2.20. The van der Waals surface area contributed by atoms with E-state index < -0.39 is 6.10 Å². The van der Waals surface area contributed by atoms with Gasteiger partial charge in [0, 0.05) is 0 Å². The van der Waals surface area contributed by atoms with Crippen LogP contribution in [0.3, 0.4) is 0 Å². The van der Waals surface area contributed by atoms with Gasteiger partial charge in [-0.25, -0.2) is 0 Å². The smallest absolute Gasteiger partial charge is 0.169 e. The summed E-state index contributed by atoms with van der Waals surface area (Å²) in [6.45, 7) is 3.61. The average Bonchev–Trinajstić information content (AvgIpc) is 2.34. The number of rotatable bonds is 2. The van der Waals surface area contributed by atoms with Crippen molar-refractivity contribution < 1.29 is 9.52 Å². The highest BCUT2D eigenvalue weighted by Gasteiger charge is 2.01. The van der Waals surface area contributed by atoms with Crippen molar-refractivity contribution in [3.05, 3.63) is 28.6 Å². The highest BCUT2D eigenvalue weighted by molar-refractivity contribution is 9.10. The van der Waals surface area contributed by atoms with E-state index in [2.05, 4.69) is 15.9 Å². The summed E-state index contributed by atoms with van der Waals surface area (Å²) in [4.78, 5) is 0. The van der Waals surface area contributed by atoms with Crippen LogP contribution in [0.2, 0.25) is 0 Å². The van der Waals surface area contributed by atoms with Crippen LogP contribution in [-0.2, 0) is 0 Å². The predicted molar refractivity (Wildman–Crippen MR) is 51.7 cm³/mol. The van der Waals surface area contributed by atoms with Gasteiger partial charge in [-0.2, -0.15) is 0 Å². The summed E-state index contributed by atoms with van der Waals surface area (Å²) in [5, 5.41) is 9.06. The molecule has 1 rings (SSSR count). The van der Waals surface area contributed by atoms with Gasteiger partial charge in [-0.3, -0.25) is 0 Å². The SMILES string of the molecule is C/C(=C/C(C)O)c1ccc(Br)o1. The first-order valence-corrected chi connectivity index (χ1v) is 4.51. The monoisotopic (exact) mass is 230 g/mol. The van der Waals surface area contributed by atoms with Crippen LogP contribution in [0.1, 0.15) is 19.6 Å². The van der Waals surface area contributed by atoms with E-state index in [1.165, 1.54) is 0 Å². The molecular weight excluding hydrogens is 220 g/mol. The maximum absolute atomic E-state index is 9.06. The predicted octanol–water partition coefficient (Wildman–Crippen LogP) is 2.83. The second-order valence-corrected chi connectivity index (χ2v) is 3.48. The van der Waals surface area contributed by atoms with Gasteiger partial charge in [0.05, 0.1) is 6.10 Å². The molecule has 3 heteroatoms. The Bertz CT molecular complexity index is 286. The molecule has 2 nitrogen and oxygen atoms in total. The van der Waals surface area contributed by atoms with E-state index in [9.17, 15) is 0 Å². The van der Waals surface area contributed by atoms with Crippen molar-refractivity contribution in [3.63, 3.8) is 0 Å². The first-order chi connectivity index (χ1) is 5.59. The molecule has 1 heterocycles. The van der Waals surface area contributed by atoms with Crippen LogP contribution < -0.4 is 0 Å². The lowest BCUT2D eigenvalue weighted by atomic mass is 10.2. The summed E-state index contributed by atoms with van der Waals surface area (Å²) in [6, 6.07) is 3.69. The lowest BCUT2D eigenvalue weighted by Crippen LogP contribution is -1.93. The summed E-state index contributed by atoms with van der Waals surface area (Å²) in [7, 11) is 0. The number of hydrogen-bond donors (Lipinski definition) is 1. The van der Waals surface area contributed by atoms with E-state index in [1.807, 2.05) is 19.1 Å². The lowest BCUT2D eigenvalue weighted by Gasteiger charge is -1.98. The van der Waals surface area contributed by atoms with Crippen LogP contribution >= 0.6 is 15.9 Å². The van der Waals surface area contributed by atoms with Crippen LogP contribution in [0, 0.1) is 0 Å². The topological polar surface area (TPSA) is 33.4 Å². The number of furan rings is 1. The molecular formula is C9H11BrO2. The van der Waals surface area contributed by atoms with Crippen molar-refractivity contribution in [2.45, 2.75) is 20.0 Å². The first kappa shape index (κ1) is 9.55. The Morgan fingerprint density at radius 3 is 2.75 bits per heavy atom. The Hall–Kier alpha value is -0.540. The molecule has 12 heavy (non-hydrogen) atoms. The maximum atomic E-state index is 9.06. The third-order valence-corrected chi connectivity index (χ3v) is 1.88. The van der Waals surface area contributed by atoms with E-state index in [1.54, 1.807) is 13.0 Å². The van der Waals surface area contributed by atoms with Crippen molar-refractivity contribution in [3.8, 4) is 0 Å². The zero-order valence-corrected chi connectivity index (χ0v) is 8.63. The molecule has 0 aliphatic carbocycles. The van der Waals surface area contributed by atoms with Gasteiger partial charge in [0.1, 0.15) is 5.76 Å². The van der Waals surface area contributed by atoms with Gasteiger partial charge in [0.25, 0.3) is 0 Å². The molecule has 0 aromatic carbocycles. The third-order valence-electron chi connectivity index (χ3n) is 1.45. The molecule has 0 radical (unpaired) electrons. The minimum absolute atomic E-state index is 0.436. The van der Waals surface area contributed by atoms with Crippen molar-refractivity contribution in [2.24, 2.45) is 0 Å². The van der Waals surface area contributed by atoms with Crippen LogP contribution in [0.25, 0.3) is 5.57 Å². The van der Waals surface area contributed by atoms with Crippen LogP contribution in [-0.4, -0.2) is 11.2 Å². The quantitative estimate of drug-likeness (QED) is 0.848. The zero-order valence-electron chi connectivity index (χ0n) is 7.04. The molecule has 66 valence electrons. The van der Waals surface area contributed by atoms with Gasteiger partial charge < -0.3 is 9.52 Å². The Balaban J connectivity index is 2.84. The minimum atomic E-state index is -0.436. The van der Waals surface area contributed by atoms with Crippen molar-refractivity contribution in [2.75, 3.05) is 0 Å². The number of aliphatic hydroxyl groups is 1. The Labute approximate surface area is 80.0 Å². The van der Waals surface area contributed by atoms with E-state index in [4.69, 9.17) is 9.52 Å². The molecule has 1 aromatic heterocycles. The molecule has 1 unspecified atom stereocenters. The van der Waals surface area contributed by atoms with Gasteiger partial charge in [-0.05, 0) is 53.6 Å². The summed E-state index contributed by atoms with van der Waals surface area (Å²) >= 11 is 3.21. The van der Waals surface area contributed by atoms with E-state index in [0.29, 0.717) is 4.67 Å². The van der Waals surface area contributed by atoms with Crippen molar-refractivity contribution >= 4 is 21.5 Å². The van der Waals surface area contributed by atoms with Crippen LogP contribution in [0.4, 0.5) is 0 Å². The second kappa shape index (κ2) is 3.92. The Morgan fingerprint density at radius 1 is 1.67 bits per heavy atom.